The van der Waals surface area contributed by atoms with Gasteiger partial charge in [-0.1, -0.05) is 19.1 Å². The zero-order valence-electron chi connectivity index (χ0n) is 12.5. The molecule has 0 bridgehead atoms. The first-order valence-electron chi connectivity index (χ1n) is 7.00. The third-order valence-corrected chi connectivity index (χ3v) is 3.83. The lowest BCUT2D eigenvalue weighted by atomic mass is 10.2. The van der Waals surface area contributed by atoms with E-state index in [0.717, 1.165) is 9.26 Å². The number of amides is 1. The Hall–Kier alpha value is -1.76. The third kappa shape index (κ3) is 4.37. The maximum Gasteiger partial charge on any atom is 0.265 e. The van der Waals surface area contributed by atoms with E-state index in [1.807, 2.05) is 43.3 Å². The second kappa shape index (κ2) is 8.03. The van der Waals surface area contributed by atoms with E-state index in [1.165, 1.54) is 0 Å². The van der Waals surface area contributed by atoms with E-state index in [1.54, 1.807) is 19.2 Å². The number of rotatable bonds is 6. The number of anilines is 1. The van der Waals surface area contributed by atoms with Crippen LogP contribution in [0.15, 0.2) is 48.5 Å². The molecular weight excluding hydrogens is 393 g/mol. The summed E-state index contributed by atoms with van der Waals surface area (Å²) in [6.07, 6.45) is -0.00980. The number of carbonyl (C=O) groups excluding carboxylic acids is 1. The first kappa shape index (κ1) is 16.6. The van der Waals surface area contributed by atoms with Gasteiger partial charge in [0.15, 0.2) is 17.6 Å². The molecule has 1 amide bonds. The zero-order chi connectivity index (χ0) is 15.9. The van der Waals surface area contributed by atoms with Gasteiger partial charge in [-0.15, -0.1) is 0 Å². The lowest BCUT2D eigenvalue weighted by molar-refractivity contribution is -0.122. The molecule has 0 aliphatic rings. The highest BCUT2D eigenvalue weighted by Crippen LogP contribution is 2.27. The van der Waals surface area contributed by atoms with E-state index in [0.29, 0.717) is 17.9 Å². The first-order valence-corrected chi connectivity index (χ1v) is 8.08. The van der Waals surface area contributed by atoms with E-state index in [-0.39, 0.29) is 5.91 Å². The Bertz CT molecular complexity index is 628. The fourth-order valence-electron chi connectivity index (χ4n) is 1.95. The minimum absolute atomic E-state index is 0.172. The standard InChI is InChI=1S/C17H18INO3/c1-3-14(22-16-7-5-4-6-15(16)21-2)17(20)19-13-10-8-12(18)9-11-13/h4-11,14H,3H2,1-2H3,(H,19,20)/t14-/m0/s1. The number of ether oxygens (including phenoxy) is 2. The van der Waals surface area contributed by atoms with Gasteiger partial charge in [-0.25, -0.2) is 0 Å². The van der Waals surface area contributed by atoms with Gasteiger partial charge < -0.3 is 14.8 Å². The smallest absolute Gasteiger partial charge is 0.265 e. The highest BCUT2D eigenvalue weighted by Gasteiger charge is 2.20. The van der Waals surface area contributed by atoms with Crippen molar-refractivity contribution in [2.45, 2.75) is 19.4 Å². The SMILES string of the molecule is CC[C@H](Oc1ccccc1OC)C(=O)Nc1ccc(I)cc1. The van der Waals surface area contributed by atoms with E-state index in [4.69, 9.17) is 9.47 Å². The number of hydrogen-bond acceptors (Lipinski definition) is 3. The van der Waals surface area contributed by atoms with Gasteiger partial charge in [0.05, 0.1) is 7.11 Å². The van der Waals surface area contributed by atoms with Gasteiger partial charge in [0.2, 0.25) is 0 Å². The van der Waals surface area contributed by atoms with Crippen LogP contribution in [0.25, 0.3) is 0 Å². The topological polar surface area (TPSA) is 47.6 Å². The van der Waals surface area contributed by atoms with Crippen molar-refractivity contribution < 1.29 is 14.3 Å². The molecule has 0 spiro atoms. The van der Waals surface area contributed by atoms with Crippen LogP contribution >= 0.6 is 22.6 Å². The number of para-hydroxylation sites is 2. The maximum atomic E-state index is 12.4. The summed E-state index contributed by atoms with van der Waals surface area (Å²) in [4.78, 5) is 12.4. The molecule has 116 valence electrons. The Labute approximate surface area is 144 Å². The van der Waals surface area contributed by atoms with E-state index >= 15 is 0 Å². The summed E-state index contributed by atoms with van der Waals surface area (Å²) < 4.78 is 12.2. The number of benzene rings is 2. The van der Waals surface area contributed by atoms with Crippen LogP contribution in [0, 0.1) is 3.57 Å². The second-order valence-corrected chi connectivity index (χ2v) is 5.91. The summed E-state index contributed by atoms with van der Waals surface area (Å²) in [7, 11) is 1.58. The molecule has 2 rings (SSSR count). The summed E-state index contributed by atoms with van der Waals surface area (Å²) >= 11 is 2.22. The number of methoxy groups -OCH3 is 1. The molecule has 0 radical (unpaired) electrons. The molecule has 0 heterocycles. The predicted octanol–water partition coefficient (Wildman–Crippen LogP) is 4.10. The van der Waals surface area contributed by atoms with Crippen LogP contribution in [-0.2, 0) is 4.79 Å². The quantitative estimate of drug-likeness (QED) is 0.729. The van der Waals surface area contributed by atoms with Crippen LogP contribution in [0.4, 0.5) is 5.69 Å². The van der Waals surface area contributed by atoms with Crippen molar-refractivity contribution >= 4 is 34.2 Å². The lowest BCUT2D eigenvalue weighted by Gasteiger charge is -2.18. The molecule has 0 aromatic heterocycles. The van der Waals surface area contributed by atoms with Crippen LogP contribution in [0.1, 0.15) is 13.3 Å². The molecule has 1 atom stereocenters. The number of halogens is 1. The molecule has 0 saturated heterocycles. The van der Waals surface area contributed by atoms with Crippen LogP contribution in [0.5, 0.6) is 11.5 Å². The summed E-state index contributed by atoms with van der Waals surface area (Å²) in [5.41, 5.74) is 0.757. The van der Waals surface area contributed by atoms with Gasteiger partial charge in [0, 0.05) is 9.26 Å². The molecular formula is C17H18INO3. The predicted molar refractivity (Wildman–Crippen MR) is 95.5 cm³/mol. The fraction of sp³-hybridized carbons (Fsp3) is 0.235. The van der Waals surface area contributed by atoms with Crippen molar-refractivity contribution in [1.29, 1.82) is 0 Å². The van der Waals surface area contributed by atoms with E-state index in [2.05, 4.69) is 27.9 Å². The minimum Gasteiger partial charge on any atom is -0.493 e. The summed E-state index contributed by atoms with van der Waals surface area (Å²) in [6.45, 7) is 1.91. The van der Waals surface area contributed by atoms with Crippen molar-refractivity contribution in [2.75, 3.05) is 12.4 Å². The van der Waals surface area contributed by atoms with Crippen molar-refractivity contribution in [2.24, 2.45) is 0 Å². The Balaban J connectivity index is 2.07. The van der Waals surface area contributed by atoms with E-state index < -0.39 is 6.10 Å². The minimum atomic E-state index is -0.574. The lowest BCUT2D eigenvalue weighted by Crippen LogP contribution is -2.32. The van der Waals surface area contributed by atoms with Gasteiger partial charge in [-0.3, -0.25) is 4.79 Å². The van der Waals surface area contributed by atoms with Crippen molar-refractivity contribution in [1.82, 2.24) is 0 Å². The van der Waals surface area contributed by atoms with Crippen LogP contribution in [0.2, 0.25) is 0 Å². The molecule has 2 aromatic carbocycles. The van der Waals surface area contributed by atoms with Gasteiger partial charge in [0.1, 0.15) is 0 Å². The van der Waals surface area contributed by atoms with Gasteiger partial charge >= 0.3 is 0 Å². The van der Waals surface area contributed by atoms with Gasteiger partial charge in [-0.2, -0.15) is 0 Å². The van der Waals surface area contributed by atoms with Crippen molar-refractivity contribution in [3.8, 4) is 11.5 Å². The Morgan fingerprint density at radius 2 is 1.77 bits per heavy atom. The highest BCUT2D eigenvalue weighted by atomic mass is 127. The van der Waals surface area contributed by atoms with Crippen LogP contribution in [0.3, 0.4) is 0 Å². The number of hydrogen-bond donors (Lipinski definition) is 1. The van der Waals surface area contributed by atoms with Gasteiger partial charge in [0.25, 0.3) is 5.91 Å². The second-order valence-electron chi connectivity index (χ2n) is 4.66. The Kier molecular flexibility index (Phi) is 6.06. The molecule has 1 N–H and O–H groups in total. The summed E-state index contributed by atoms with van der Waals surface area (Å²) in [5, 5.41) is 2.87. The first-order chi connectivity index (χ1) is 10.6. The molecule has 22 heavy (non-hydrogen) atoms. The molecule has 4 nitrogen and oxygen atoms in total. The Morgan fingerprint density at radius 3 is 2.36 bits per heavy atom. The van der Waals surface area contributed by atoms with Crippen LogP contribution in [-0.4, -0.2) is 19.1 Å². The van der Waals surface area contributed by atoms with Crippen LogP contribution < -0.4 is 14.8 Å². The molecule has 0 aliphatic heterocycles. The maximum absolute atomic E-state index is 12.4. The zero-order valence-corrected chi connectivity index (χ0v) is 14.7. The molecule has 5 heteroatoms. The molecule has 2 aromatic rings. The third-order valence-electron chi connectivity index (χ3n) is 3.11. The molecule has 0 fully saturated rings. The average molecular weight is 411 g/mol. The van der Waals surface area contributed by atoms with E-state index in [9.17, 15) is 4.79 Å². The summed E-state index contributed by atoms with van der Waals surface area (Å²) in [6, 6.07) is 14.9. The average Bonchev–Trinajstić information content (AvgIpc) is 2.55. The van der Waals surface area contributed by atoms with Crippen molar-refractivity contribution in [3.63, 3.8) is 0 Å². The summed E-state index contributed by atoms with van der Waals surface area (Å²) in [5.74, 6) is 1.01. The number of nitrogens with one attached hydrogen (secondary N) is 1. The molecule has 0 aliphatic carbocycles. The normalized spacial score (nSPS) is 11.6. The Morgan fingerprint density at radius 1 is 1.14 bits per heavy atom. The van der Waals surface area contributed by atoms with Gasteiger partial charge in [-0.05, 0) is 65.4 Å². The fourth-order valence-corrected chi connectivity index (χ4v) is 2.31. The van der Waals surface area contributed by atoms with Crippen molar-refractivity contribution in [3.05, 3.63) is 52.1 Å². The highest BCUT2D eigenvalue weighted by molar-refractivity contribution is 14.1. The number of carbonyl (C=O) groups is 1. The monoisotopic (exact) mass is 411 g/mol. The molecule has 0 unspecified atom stereocenters. The molecule has 0 saturated carbocycles. The largest absolute Gasteiger partial charge is 0.493 e.